The Morgan fingerprint density at radius 3 is 2.54 bits per heavy atom. The molecule has 6 nitrogen and oxygen atoms in total. The van der Waals surface area contributed by atoms with Crippen LogP contribution in [0.2, 0.25) is 0 Å². The maximum absolute atomic E-state index is 12.3. The van der Waals surface area contributed by atoms with E-state index in [0.717, 1.165) is 4.90 Å². The number of alkyl halides is 3. The molecule has 0 fully saturated rings. The third-order valence-corrected chi connectivity index (χ3v) is 3.42. The van der Waals surface area contributed by atoms with E-state index >= 15 is 0 Å². The van der Waals surface area contributed by atoms with E-state index in [2.05, 4.69) is 4.98 Å². The average molecular weight is 344 g/mol. The number of nitrogens with two attached hydrogens (primary N) is 1. The lowest BCUT2D eigenvalue weighted by Crippen LogP contribution is -2.30. The lowest BCUT2D eigenvalue weighted by atomic mass is 10.1. The SMILES string of the molecule is CN(C(=O)CC(F)(F)F)c1ccc2c(c1)nc(N)n2CC(C)(C)O. The fourth-order valence-electron chi connectivity index (χ4n) is 2.33. The molecule has 9 heteroatoms. The van der Waals surface area contributed by atoms with Crippen LogP contribution in [-0.2, 0) is 11.3 Å². The van der Waals surface area contributed by atoms with Gasteiger partial charge >= 0.3 is 6.18 Å². The van der Waals surface area contributed by atoms with Crippen molar-refractivity contribution in [3.63, 3.8) is 0 Å². The van der Waals surface area contributed by atoms with E-state index in [9.17, 15) is 23.1 Å². The summed E-state index contributed by atoms with van der Waals surface area (Å²) in [5, 5.41) is 9.93. The van der Waals surface area contributed by atoms with E-state index in [1.54, 1.807) is 24.5 Å². The first-order chi connectivity index (χ1) is 10.9. The topological polar surface area (TPSA) is 84.4 Å². The van der Waals surface area contributed by atoms with Crippen molar-refractivity contribution in [1.82, 2.24) is 9.55 Å². The first-order valence-electron chi connectivity index (χ1n) is 7.19. The van der Waals surface area contributed by atoms with Gasteiger partial charge in [-0.05, 0) is 32.0 Å². The molecule has 0 saturated carbocycles. The highest BCUT2D eigenvalue weighted by Crippen LogP contribution is 2.27. The van der Waals surface area contributed by atoms with Crippen LogP contribution in [0.3, 0.4) is 0 Å². The van der Waals surface area contributed by atoms with Gasteiger partial charge in [-0.15, -0.1) is 0 Å². The van der Waals surface area contributed by atoms with Crippen molar-refractivity contribution >= 4 is 28.6 Å². The Morgan fingerprint density at radius 1 is 1.38 bits per heavy atom. The average Bonchev–Trinajstić information content (AvgIpc) is 2.69. The molecule has 0 radical (unpaired) electrons. The van der Waals surface area contributed by atoms with Crippen LogP contribution in [-0.4, -0.2) is 39.4 Å². The Morgan fingerprint density at radius 2 is 2.00 bits per heavy atom. The van der Waals surface area contributed by atoms with Crippen LogP contribution in [0.4, 0.5) is 24.8 Å². The second kappa shape index (κ2) is 5.97. The summed E-state index contributed by atoms with van der Waals surface area (Å²) in [6.45, 7) is 3.45. The van der Waals surface area contributed by atoms with Gasteiger partial charge in [0, 0.05) is 12.7 Å². The van der Waals surface area contributed by atoms with Crippen molar-refractivity contribution in [2.75, 3.05) is 17.7 Å². The zero-order chi connectivity index (χ0) is 18.3. The maximum atomic E-state index is 12.3. The predicted octanol–water partition coefficient (Wildman–Crippen LogP) is 2.30. The number of hydrogen-bond acceptors (Lipinski definition) is 4. The van der Waals surface area contributed by atoms with Crippen molar-refractivity contribution in [1.29, 1.82) is 0 Å². The van der Waals surface area contributed by atoms with Crippen LogP contribution in [0.15, 0.2) is 18.2 Å². The zero-order valence-electron chi connectivity index (χ0n) is 13.6. The monoisotopic (exact) mass is 344 g/mol. The summed E-state index contributed by atoms with van der Waals surface area (Å²) < 4.78 is 38.6. The molecule has 2 rings (SSSR count). The molecule has 1 amide bonds. The third-order valence-electron chi connectivity index (χ3n) is 3.42. The van der Waals surface area contributed by atoms with Gasteiger partial charge in [-0.2, -0.15) is 13.2 Å². The molecule has 1 aromatic heterocycles. The van der Waals surface area contributed by atoms with Crippen LogP contribution in [0.25, 0.3) is 11.0 Å². The Balaban J connectivity index is 2.34. The molecule has 132 valence electrons. The van der Waals surface area contributed by atoms with E-state index in [0.29, 0.717) is 11.0 Å². The molecule has 0 unspecified atom stereocenters. The molecule has 3 N–H and O–H groups in total. The first kappa shape index (κ1) is 18.1. The smallest absolute Gasteiger partial charge is 0.389 e. The minimum absolute atomic E-state index is 0.175. The standard InChI is InChI=1S/C15H19F3N4O2/c1-14(2,24)8-22-11-5-4-9(6-10(11)20-13(22)19)21(3)12(23)7-15(16,17)18/h4-6,24H,7-8H2,1-3H3,(H2,19,20). The minimum Gasteiger partial charge on any atom is -0.389 e. The number of carbonyl (C=O) groups excluding carboxylic acids is 1. The van der Waals surface area contributed by atoms with Crippen LogP contribution in [0.5, 0.6) is 0 Å². The van der Waals surface area contributed by atoms with Gasteiger partial charge in [0.15, 0.2) is 0 Å². The fourth-order valence-corrected chi connectivity index (χ4v) is 2.33. The molecule has 2 aromatic rings. The highest BCUT2D eigenvalue weighted by Gasteiger charge is 2.33. The quantitative estimate of drug-likeness (QED) is 0.891. The van der Waals surface area contributed by atoms with Crippen LogP contribution in [0, 0.1) is 0 Å². The molecule has 0 aliphatic carbocycles. The van der Waals surface area contributed by atoms with Gasteiger partial charge in [0.2, 0.25) is 11.9 Å². The van der Waals surface area contributed by atoms with Crippen molar-refractivity contribution < 1.29 is 23.1 Å². The summed E-state index contributed by atoms with van der Waals surface area (Å²) >= 11 is 0. The second-order valence-corrected chi connectivity index (χ2v) is 6.29. The summed E-state index contributed by atoms with van der Waals surface area (Å²) in [6, 6.07) is 4.61. The maximum Gasteiger partial charge on any atom is 0.397 e. The molecule has 0 bridgehead atoms. The number of rotatable bonds is 4. The van der Waals surface area contributed by atoms with E-state index in [1.807, 2.05) is 0 Å². The van der Waals surface area contributed by atoms with Crippen LogP contribution in [0.1, 0.15) is 20.3 Å². The Bertz CT molecular complexity index is 762. The third kappa shape index (κ3) is 4.16. The number of fused-ring (bicyclic) bond motifs is 1. The van der Waals surface area contributed by atoms with Crippen molar-refractivity contribution in [3.05, 3.63) is 18.2 Å². The molecule has 0 saturated heterocycles. The van der Waals surface area contributed by atoms with Crippen molar-refractivity contribution in [3.8, 4) is 0 Å². The van der Waals surface area contributed by atoms with Crippen molar-refractivity contribution in [2.45, 2.75) is 38.6 Å². The van der Waals surface area contributed by atoms with Crippen molar-refractivity contribution in [2.24, 2.45) is 0 Å². The van der Waals surface area contributed by atoms with Gasteiger partial charge in [0.25, 0.3) is 0 Å². The normalized spacial score (nSPS) is 12.6. The molecule has 0 aliphatic heterocycles. The minimum atomic E-state index is -4.56. The number of nitrogens with zero attached hydrogens (tertiary/aromatic N) is 3. The van der Waals surface area contributed by atoms with E-state index in [1.165, 1.54) is 19.2 Å². The lowest BCUT2D eigenvalue weighted by molar-refractivity contribution is -0.151. The van der Waals surface area contributed by atoms with E-state index in [4.69, 9.17) is 5.73 Å². The summed E-state index contributed by atoms with van der Waals surface area (Å²) in [7, 11) is 1.27. The summed E-state index contributed by atoms with van der Waals surface area (Å²) in [5.41, 5.74) is 6.16. The molecule has 1 aromatic carbocycles. The number of imidazole rings is 1. The van der Waals surface area contributed by atoms with Gasteiger partial charge in [-0.1, -0.05) is 0 Å². The summed E-state index contributed by atoms with van der Waals surface area (Å²) in [4.78, 5) is 16.7. The predicted molar refractivity (Wildman–Crippen MR) is 84.5 cm³/mol. The number of amides is 1. The first-order valence-corrected chi connectivity index (χ1v) is 7.19. The largest absolute Gasteiger partial charge is 0.397 e. The van der Waals surface area contributed by atoms with Gasteiger partial charge in [-0.25, -0.2) is 4.98 Å². The molecular formula is C15H19F3N4O2. The number of hydrogen-bond donors (Lipinski definition) is 2. The molecule has 1 heterocycles. The number of carbonyl (C=O) groups is 1. The second-order valence-electron chi connectivity index (χ2n) is 6.29. The number of aromatic nitrogens is 2. The summed E-state index contributed by atoms with van der Waals surface area (Å²) in [6.07, 6.45) is -6.09. The summed E-state index contributed by atoms with van der Waals surface area (Å²) in [5.74, 6) is -0.890. The number of anilines is 2. The molecule has 24 heavy (non-hydrogen) atoms. The van der Waals surface area contributed by atoms with Crippen LogP contribution >= 0.6 is 0 Å². The Hall–Kier alpha value is -2.29. The lowest BCUT2D eigenvalue weighted by Gasteiger charge is -2.20. The van der Waals surface area contributed by atoms with E-state index < -0.39 is 24.1 Å². The number of nitrogen functional groups attached to an aromatic ring is 1. The van der Waals surface area contributed by atoms with Gasteiger partial charge in [0.1, 0.15) is 6.42 Å². The molecule has 0 aliphatic rings. The number of aliphatic hydroxyl groups is 1. The number of halogens is 3. The zero-order valence-corrected chi connectivity index (χ0v) is 13.6. The van der Waals surface area contributed by atoms with Crippen LogP contribution < -0.4 is 10.6 Å². The highest BCUT2D eigenvalue weighted by atomic mass is 19.4. The Kier molecular flexibility index (Phi) is 4.49. The molecule has 0 atom stereocenters. The van der Waals surface area contributed by atoms with Gasteiger partial charge in [0.05, 0.1) is 23.2 Å². The molecule has 0 spiro atoms. The number of benzene rings is 1. The fraction of sp³-hybridized carbons (Fsp3) is 0.467. The Labute approximate surface area is 136 Å². The van der Waals surface area contributed by atoms with Gasteiger partial charge < -0.3 is 20.3 Å². The van der Waals surface area contributed by atoms with Gasteiger partial charge in [-0.3, -0.25) is 4.79 Å². The van der Waals surface area contributed by atoms with E-state index in [-0.39, 0.29) is 18.2 Å². The highest BCUT2D eigenvalue weighted by molar-refractivity contribution is 5.95. The molecular weight excluding hydrogens is 325 g/mol.